The number of fused-ring (bicyclic) bond motifs is 1. The molecule has 0 aliphatic carbocycles. The van der Waals surface area contributed by atoms with Crippen LogP contribution in [0.2, 0.25) is 0 Å². The second kappa shape index (κ2) is 8.02. The van der Waals surface area contributed by atoms with Gasteiger partial charge in [0.05, 0.1) is 24.3 Å². The van der Waals surface area contributed by atoms with Crippen molar-refractivity contribution in [3.63, 3.8) is 0 Å². The molecule has 1 saturated heterocycles. The van der Waals surface area contributed by atoms with Crippen LogP contribution in [-0.2, 0) is 11.8 Å². The molecule has 0 atom stereocenters. The van der Waals surface area contributed by atoms with Crippen molar-refractivity contribution in [2.45, 2.75) is 0 Å². The van der Waals surface area contributed by atoms with Crippen molar-refractivity contribution in [3.05, 3.63) is 57.3 Å². The van der Waals surface area contributed by atoms with Crippen LogP contribution in [0.1, 0.15) is 20.8 Å². The van der Waals surface area contributed by atoms with Crippen LogP contribution in [0.4, 0.5) is 5.13 Å². The van der Waals surface area contributed by atoms with Crippen LogP contribution in [0.3, 0.4) is 0 Å². The molecule has 0 unspecified atom stereocenters. The lowest BCUT2D eigenvalue weighted by atomic mass is 10.1. The van der Waals surface area contributed by atoms with Crippen LogP contribution in [0, 0.1) is 0 Å². The first kappa shape index (κ1) is 19.1. The third-order valence-corrected chi connectivity index (χ3v) is 5.60. The zero-order valence-corrected chi connectivity index (χ0v) is 16.5. The van der Waals surface area contributed by atoms with Crippen molar-refractivity contribution in [1.29, 1.82) is 0 Å². The van der Waals surface area contributed by atoms with Crippen LogP contribution >= 0.6 is 11.3 Å². The number of carbonyl (C=O) groups is 2. The molecule has 29 heavy (non-hydrogen) atoms. The number of aryl methyl sites for hydroxylation is 1. The average molecular weight is 413 g/mol. The van der Waals surface area contributed by atoms with Crippen molar-refractivity contribution < 1.29 is 14.3 Å². The van der Waals surface area contributed by atoms with Gasteiger partial charge in [0.25, 0.3) is 17.4 Å². The molecule has 3 aromatic rings. The van der Waals surface area contributed by atoms with Gasteiger partial charge in [-0.25, -0.2) is 4.98 Å². The Hall–Kier alpha value is -3.24. The van der Waals surface area contributed by atoms with Crippen LogP contribution in [-0.4, -0.2) is 47.7 Å². The molecule has 1 aliphatic heterocycles. The highest BCUT2D eigenvalue weighted by molar-refractivity contribution is 7.13. The van der Waals surface area contributed by atoms with Gasteiger partial charge in [0.2, 0.25) is 0 Å². The van der Waals surface area contributed by atoms with Gasteiger partial charge in [-0.1, -0.05) is 18.2 Å². The van der Waals surface area contributed by atoms with Crippen LogP contribution in [0.5, 0.6) is 0 Å². The number of hydrazine groups is 1. The second-order valence-corrected chi connectivity index (χ2v) is 7.33. The molecule has 150 valence electrons. The number of carbonyl (C=O) groups excluding carboxylic acids is 2. The van der Waals surface area contributed by atoms with Crippen LogP contribution in [0.25, 0.3) is 10.9 Å². The number of hydrogen-bond acceptors (Lipinski definition) is 7. The first-order valence-electron chi connectivity index (χ1n) is 9.02. The summed E-state index contributed by atoms with van der Waals surface area (Å²) in [6, 6.07) is 8.34. The molecule has 3 heterocycles. The summed E-state index contributed by atoms with van der Waals surface area (Å²) in [4.78, 5) is 43.5. The molecule has 0 bridgehead atoms. The van der Waals surface area contributed by atoms with Crippen molar-refractivity contribution in [2.24, 2.45) is 7.05 Å². The highest BCUT2D eigenvalue weighted by Crippen LogP contribution is 2.21. The van der Waals surface area contributed by atoms with E-state index in [4.69, 9.17) is 4.74 Å². The third-order valence-electron chi connectivity index (χ3n) is 4.69. The Balaban J connectivity index is 1.47. The Bertz CT molecular complexity index is 1130. The van der Waals surface area contributed by atoms with E-state index in [-0.39, 0.29) is 16.8 Å². The van der Waals surface area contributed by atoms with E-state index in [0.29, 0.717) is 24.1 Å². The molecule has 4 rings (SSSR count). The molecule has 0 saturated carbocycles. The minimum absolute atomic E-state index is 0.191. The zero-order chi connectivity index (χ0) is 20.4. The van der Waals surface area contributed by atoms with Crippen molar-refractivity contribution in [1.82, 2.24) is 20.4 Å². The van der Waals surface area contributed by atoms with Gasteiger partial charge in [0, 0.05) is 37.0 Å². The summed E-state index contributed by atoms with van der Waals surface area (Å²) < 4.78 is 6.78. The highest BCUT2D eigenvalue weighted by atomic mass is 32.1. The number of morpholine rings is 1. The van der Waals surface area contributed by atoms with E-state index in [2.05, 4.69) is 20.7 Å². The summed E-state index contributed by atoms with van der Waals surface area (Å²) >= 11 is 1.36. The van der Waals surface area contributed by atoms with E-state index < -0.39 is 11.8 Å². The summed E-state index contributed by atoms with van der Waals surface area (Å²) in [5.41, 5.74) is 5.46. The number of nitrogens with zero attached hydrogens (tertiary/aromatic N) is 3. The SMILES string of the molecule is Cn1c(=O)cc(C(=O)NNC(=O)c2csc(N3CCOCC3)n2)c2ccccc21. The van der Waals surface area contributed by atoms with E-state index in [0.717, 1.165) is 18.2 Å². The summed E-state index contributed by atoms with van der Waals surface area (Å²) in [5, 5.41) is 2.99. The molecule has 2 amide bonds. The van der Waals surface area contributed by atoms with Gasteiger partial charge in [-0.15, -0.1) is 11.3 Å². The van der Waals surface area contributed by atoms with Gasteiger partial charge in [-0.3, -0.25) is 25.2 Å². The molecular formula is C19H19N5O4S. The minimum Gasteiger partial charge on any atom is -0.378 e. The van der Waals surface area contributed by atoms with Crippen molar-refractivity contribution in [3.8, 4) is 0 Å². The number of nitrogens with one attached hydrogen (secondary N) is 2. The first-order valence-corrected chi connectivity index (χ1v) is 9.90. The summed E-state index contributed by atoms with van der Waals surface area (Å²) in [7, 11) is 1.64. The van der Waals surface area contributed by atoms with Gasteiger partial charge < -0.3 is 14.2 Å². The average Bonchev–Trinajstić information content (AvgIpc) is 3.25. The van der Waals surface area contributed by atoms with Crippen LogP contribution in [0.15, 0.2) is 40.5 Å². The van der Waals surface area contributed by atoms with Crippen molar-refractivity contribution >= 4 is 39.2 Å². The fourth-order valence-corrected chi connectivity index (χ4v) is 3.97. The van der Waals surface area contributed by atoms with Crippen LogP contribution < -0.4 is 21.3 Å². The summed E-state index contributed by atoms with van der Waals surface area (Å²) in [5.74, 6) is -1.10. The molecule has 1 aliphatic rings. The molecule has 2 N–H and O–H groups in total. The number of hydrogen-bond donors (Lipinski definition) is 2. The normalized spacial score (nSPS) is 14.0. The number of amides is 2. The number of benzene rings is 1. The maximum atomic E-state index is 12.6. The number of thiazole rings is 1. The molecule has 2 aromatic heterocycles. The van der Waals surface area contributed by atoms with Crippen molar-refractivity contribution in [2.75, 3.05) is 31.2 Å². The molecular weight excluding hydrogens is 394 g/mol. The molecule has 10 heteroatoms. The number of aromatic nitrogens is 2. The summed E-state index contributed by atoms with van der Waals surface area (Å²) in [6.07, 6.45) is 0. The number of anilines is 1. The van der Waals surface area contributed by atoms with E-state index in [1.807, 2.05) is 0 Å². The number of pyridine rings is 1. The Kier molecular flexibility index (Phi) is 5.28. The standard InChI is InChI=1S/C19H19N5O4S/c1-23-15-5-3-2-4-12(15)13(10-16(23)25)17(26)21-22-18(27)14-11-29-19(20-14)24-6-8-28-9-7-24/h2-5,10-11H,6-9H2,1H3,(H,21,26)(H,22,27). The molecule has 9 nitrogen and oxygen atoms in total. The topological polar surface area (TPSA) is 106 Å². The minimum atomic E-state index is -0.573. The first-order chi connectivity index (χ1) is 14.0. The predicted molar refractivity (Wildman–Crippen MR) is 109 cm³/mol. The maximum Gasteiger partial charge on any atom is 0.289 e. The second-order valence-electron chi connectivity index (χ2n) is 6.50. The van der Waals surface area contributed by atoms with Gasteiger partial charge in [-0.05, 0) is 6.07 Å². The van der Waals surface area contributed by atoms with Gasteiger partial charge in [0.1, 0.15) is 5.69 Å². The maximum absolute atomic E-state index is 12.6. The monoisotopic (exact) mass is 413 g/mol. The number of para-hydroxylation sites is 1. The fraction of sp³-hybridized carbons (Fsp3) is 0.263. The van der Waals surface area contributed by atoms with E-state index in [9.17, 15) is 14.4 Å². The Morgan fingerprint density at radius 2 is 1.86 bits per heavy atom. The fourth-order valence-electron chi connectivity index (χ4n) is 3.11. The predicted octanol–water partition coefficient (Wildman–Crippen LogP) is 0.906. The van der Waals surface area contributed by atoms with E-state index in [1.54, 1.807) is 36.7 Å². The molecule has 0 radical (unpaired) electrons. The smallest absolute Gasteiger partial charge is 0.289 e. The lowest BCUT2D eigenvalue weighted by molar-refractivity contribution is 0.0845. The zero-order valence-electron chi connectivity index (χ0n) is 15.7. The number of ether oxygens (including phenoxy) is 1. The highest BCUT2D eigenvalue weighted by Gasteiger charge is 2.19. The van der Waals surface area contributed by atoms with Gasteiger partial charge in [-0.2, -0.15) is 0 Å². The third kappa shape index (κ3) is 3.84. The van der Waals surface area contributed by atoms with Gasteiger partial charge in [0.15, 0.2) is 5.13 Å². The van der Waals surface area contributed by atoms with E-state index >= 15 is 0 Å². The Morgan fingerprint density at radius 1 is 1.14 bits per heavy atom. The lowest BCUT2D eigenvalue weighted by Gasteiger charge is -2.25. The Morgan fingerprint density at radius 3 is 2.66 bits per heavy atom. The van der Waals surface area contributed by atoms with Gasteiger partial charge >= 0.3 is 0 Å². The molecule has 0 spiro atoms. The number of rotatable bonds is 3. The Labute approximate surface area is 169 Å². The summed E-state index contributed by atoms with van der Waals surface area (Å²) in [6.45, 7) is 2.70. The lowest BCUT2D eigenvalue weighted by Crippen LogP contribution is -2.42. The quantitative estimate of drug-likeness (QED) is 0.619. The van der Waals surface area contributed by atoms with E-state index in [1.165, 1.54) is 22.0 Å². The largest absolute Gasteiger partial charge is 0.378 e. The molecule has 1 fully saturated rings. The molecule has 1 aromatic carbocycles.